The van der Waals surface area contributed by atoms with Gasteiger partial charge in [0.2, 0.25) is 0 Å². The van der Waals surface area contributed by atoms with Crippen LogP contribution in [0.3, 0.4) is 0 Å². The second-order valence-corrected chi connectivity index (χ2v) is 15.6. The maximum Gasteiger partial charge on any atom is 0.306 e. The lowest BCUT2D eigenvalue weighted by Crippen LogP contribution is -2.44. The first kappa shape index (κ1) is 49.3. The number of rotatable bonds is 39. The molecule has 2 atom stereocenters. The normalized spacial score (nSPS) is 12.9. The molecule has 9 nitrogen and oxygen atoms in total. The summed E-state index contributed by atoms with van der Waals surface area (Å²) in [5.41, 5.74) is 0. The highest BCUT2D eigenvalue weighted by Crippen LogP contribution is 2.15. The molecule has 0 aliphatic heterocycles. The molecule has 0 spiro atoms. The van der Waals surface area contributed by atoms with Crippen LogP contribution in [0.4, 0.5) is 0 Å². The van der Waals surface area contributed by atoms with Crippen LogP contribution < -0.4 is 5.11 Å². The molecule has 0 aromatic heterocycles. The molecule has 0 amide bonds. The van der Waals surface area contributed by atoms with Crippen LogP contribution in [0.1, 0.15) is 194 Å². The van der Waals surface area contributed by atoms with E-state index in [1.165, 1.54) is 128 Å². The Bertz CT molecular complexity index is 815. The number of quaternary nitrogens is 1. The lowest BCUT2D eigenvalue weighted by Gasteiger charge is -2.26. The molecule has 0 aromatic rings. The highest BCUT2D eigenvalue weighted by Gasteiger charge is 2.21. The van der Waals surface area contributed by atoms with Gasteiger partial charge in [-0.05, 0) is 12.8 Å². The molecule has 0 N–H and O–H groups in total. The van der Waals surface area contributed by atoms with Crippen molar-refractivity contribution < 1.29 is 42.9 Å². The molecule has 0 aliphatic carbocycles. The number of unbranched alkanes of at least 4 members (excludes halogenated alkanes) is 24. The third kappa shape index (κ3) is 36.4. The lowest BCUT2D eigenvalue weighted by atomic mass is 10.0. The summed E-state index contributed by atoms with van der Waals surface area (Å²) >= 11 is 0. The molecule has 0 rings (SSSR count). The van der Waals surface area contributed by atoms with Crippen molar-refractivity contribution >= 4 is 17.9 Å². The second-order valence-electron chi connectivity index (χ2n) is 15.6. The van der Waals surface area contributed by atoms with Crippen LogP contribution in [0.2, 0.25) is 0 Å². The zero-order valence-electron chi connectivity index (χ0n) is 34.0. The molecule has 302 valence electrons. The summed E-state index contributed by atoms with van der Waals surface area (Å²) in [6, 6.07) is 0. The molecule has 0 aliphatic rings. The third-order valence-electron chi connectivity index (χ3n) is 9.35. The summed E-state index contributed by atoms with van der Waals surface area (Å²) in [5.74, 6) is -2.27. The van der Waals surface area contributed by atoms with Gasteiger partial charge in [-0.3, -0.25) is 9.59 Å². The van der Waals surface area contributed by atoms with Gasteiger partial charge in [-0.2, -0.15) is 0 Å². The largest absolute Gasteiger partial charge is 0.545 e. The summed E-state index contributed by atoms with van der Waals surface area (Å²) in [5, 5.41) is 11.6. The molecule has 0 bridgehead atoms. The minimum Gasteiger partial charge on any atom is -0.545 e. The Hall–Kier alpha value is -1.71. The predicted molar refractivity (Wildman–Crippen MR) is 205 cm³/mol. The molecule has 0 heterocycles. The van der Waals surface area contributed by atoms with E-state index >= 15 is 0 Å². The van der Waals surface area contributed by atoms with E-state index < -0.39 is 24.3 Å². The van der Waals surface area contributed by atoms with Gasteiger partial charge in [0.15, 0.2) is 12.4 Å². The molecule has 0 saturated heterocycles. The number of hydrogen-bond acceptors (Lipinski definition) is 8. The fourth-order valence-corrected chi connectivity index (χ4v) is 6.01. The Morgan fingerprint density at radius 1 is 0.510 bits per heavy atom. The summed E-state index contributed by atoms with van der Waals surface area (Å²) in [6.07, 6.45) is 29.9. The van der Waals surface area contributed by atoms with Gasteiger partial charge < -0.3 is 33.3 Å². The van der Waals surface area contributed by atoms with Crippen molar-refractivity contribution in [1.29, 1.82) is 0 Å². The average Bonchev–Trinajstić information content (AvgIpc) is 3.08. The maximum atomic E-state index is 12.7. The van der Waals surface area contributed by atoms with Gasteiger partial charge in [0.25, 0.3) is 0 Å². The Balaban J connectivity index is 4.39. The van der Waals surface area contributed by atoms with Crippen molar-refractivity contribution in [3.63, 3.8) is 0 Å². The topological polar surface area (TPSA) is 111 Å². The Morgan fingerprint density at radius 2 is 0.882 bits per heavy atom. The van der Waals surface area contributed by atoms with E-state index in [-0.39, 0.29) is 32.2 Å². The molecule has 0 aromatic carbocycles. The Morgan fingerprint density at radius 3 is 1.25 bits per heavy atom. The number of likely N-dealkylation sites (N-methyl/N-ethyl adjacent to an activating group) is 1. The van der Waals surface area contributed by atoms with E-state index in [0.29, 0.717) is 17.4 Å². The highest BCUT2D eigenvalue weighted by molar-refractivity contribution is 5.70. The number of nitrogens with zero attached hydrogens (tertiary/aromatic N) is 1. The molecule has 2 unspecified atom stereocenters. The van der Waals surface area contributed by atoms with Crippen molar-refractivity contribution in [3.8, 4) is 0 Å². The molecular formula is C42H81NO8. The Kier molecular flexibility index (Phi) is 34.1. The van der Waals surface area contributed by atoms with E-state index in [0.717, 1.165) is 38.5 Å². The van der Waals surface area contributed by atoms with Gasteiger partial charge in [-0.25, -0.2) is 0 Å². The van der Waals surface area contributed by atoms with Crippen molar-refractivity contribution in [3.05, 3.63) is 0 Å². The summed E-state index contributed by atoms with van der Waals surface area (Å²) < 4.78 is 22.5. The molecule has 51 heavy (non-hydrogen) atoms. The first-order chi connectivity index (χ1) is 24.6. The number of esters is 2. The van der Waals surface area contributed by atoms with Crippen molar-refractivity contribution in [2.24, 2.45) is 0 Å². The van der Waals surface area contributed by atoms with E-state index in [1.54, 1.807) is 0 Å². The fourth-order valence-electron chi connectivity index (χ4n) is 6.01. The number of carboxylic acids is 1. The van der Waals surface area contributed by atoms with Gasteiger partial charge in [0.05, 0.1) is 40.3 Å². The minimum absolute atomic E-state index is 0.152. The van der Waals surface area contributed by atoms with Crippen LogP contribution in [0, 0.1) is 0 Å². The van der Waals surface area contributed by atoms with Gasteiger partial charge in [0.1, 0.15) is 13.2 Å². The highest BCUT2D eigenvalue weighted by atomic mass is 16.7. The second kappa shape index (κ2) is 35.3. The average molecular weight is 728 g/mol. The zero-order chi connectivity index (χ0) is 37.8. The number of carbonyl (C=O) groups is 3. The quantitative estimate of drug-likeness (QED) is 0.0267. The van der Waals surface area contributed by atoms with Crippen LogP contribution in [-0.2, 0) is 33.3 Å². The number of carboxylic acid groups (broad SMARTS) is 1. The lowest BCUT2D eigenvalue weighted by molar-refractivity contribution is -0.870. The van der Waals surface area contributed by atoms with E-state index in [1.807, 2.05) is 21.1 Å². The Labute approximate surface area is 313 Å². The van der Waals surface area contributed by atoms with Gasteiger partial charge >= 0.3 is 11.9 Å². The van der Waals surface area contributed by atoms with Crippen LogP contribution >= 0.6 is 0 Å². The van der Waals surface area contributed by atoms with Gasteiger partial charge in [-0.1, -0.05) is 168 Å². The summed E-state index contributed by atoms with van der Waals surface area (Å²) in [6.45, 7) is 4.73. The van der Waals surface area contributed by atoms with E-state index in [2.05, 4.69) is 13.8 Å². The molecular weight excluding hydrogens is 646 g/mol. The monoisotopic (exact) mass is 728 g/mol. The number of hydrogen-bond donors (Lipinski definition) is 0. The van der Waals surface area contributed by atoms with Crippen LogP contribution in [0.25, 0.3) is 0 Å². The first-order valence-electron chi connectivity index (χ1n) is 21.2. The van der Waals surface area contributed by atoms with Crippen LogP contribution in [-0.4, -0.2) is 82.3 Å². The van der Waals surface area contributed by atoms with E-state index in [9.17, 15) is 19.5 Å². The molecule has 0 radical (unpaired) electrons. The first-order valence-corrected chi connectivity index (χ1v) is 21.2. The smallest absolute Gasteiger partial charge is 0.306 e. The molecule has 0 saturated carbocycles. The zero-order valence-corrected chi connectivity index (χ0v) is 34.0. The summed E-state index contributed by atoms with van der Waals surface area (Å²) in [4.78, 5) is 36.8. The predicted octanol–water partition coefficient (Wildman–Crippen LogP) is 9.22. The number of carbonyl (C=O) groups excluding carboxylic acids is 3. The standard InChI is InChI=1S/C42H81NO8/c1-6-8-10-12-14-16-17-18-19-20-21-22-23-25-27-29-31-33-40(45)51-38(37-50-42(41(46)47)48-35-34-43(3,4)5)36-49-39(44)32-30-28-26-24-15-13-11-9-7-2/h38,42H,6-37H2,1-5H3. The minimum atomic E-state index is -1.61. The van der Waals surface area contributed by atoms with Crippen molar-refractivity contribution in [2.45, 2.75) is 206 Å². The molecule has 0 fully saturated rings. The van der Waals surface area contributed by atoms with Gasteiger partial charge in [-0.15, -0.1) is 0 Å². The SMILES string of the molecule is CCCCCCCCCCCCCCCCCCCC(=O)OC(COC(=O)CCCCCCCCCCC)COC(OCC[N+](C)(C)C)C(=O)[O-]. The molecule has 9 heteroatoms. The van der Waals surface area contributed by atoms with Crippen LogP contribution in [0.15, 0.2) is 0 Å². The van der Waals surface area contributed by atoms with Crippen molar-refractivity contribution in [2.75, 3.05) is 47.5 Å². The number of ether oxygens (including phenoxy) is 4. The maximum absolute atomic E-state index is 12.7. The van der Waals surface area contributed by atoms with Gasteiger partial charge in [0, 0.05) is 12.8 Å². The summed E-state index contributed by atoms with van der Waals surface area (Å²) in [7, 11) is 5.91. The van der Waals surface area contributed by atoms with Crippen LogP contribution in [0.5, 0.6) is 0 Å². The van der Waals surface area contributed by atoms with Crippen molar-refractivity contribution in [1.82, 2.24) is 0 Å². The fraction of sp³-hybridized carbons (Fsp3) is 0.929. The number of aliphatic carboxylic acids is 1. The third-order valence-corrected chi connectivity index (χ3v) is 9.35. The van der Waals surface area contributed by atoms with E-state index in [4.69, 9.17) is 18.9 Å².